The molecular formula is C18H14Cl2FN3O. The predicted molar refractivity (Wildman–Crippen MR) is 95.9 cm³/mol. The van der Waals surface area contributed by atoms with E-state index in [1.54, 1.807) is 48.1 Å². The number of nitrogens with zero attached hydrogens (tertiary/aromatic N) is 2. The fraction of sp³-hybridized carbons (Fsp3) is 0.111. The summed E-state index contributed by atoms with van der Waals surface area (Å²) >= 11 is 11.9. The molecule has 3 rings (SSSR count). The maximum atomic E-state index is 14.4. The molecule has 0 unspecified atom stereocenters. The summed E-state index contributed by atoms with van der Waals surface area (Å²) < 4.78 is 16.0. The van der Waals surface area contributed by atoms with E-state index in [0.29, 0.717) is 27.1 Å². The van der Waals surface area contributed by atoms with Crippen molar-refractivity contribution in [2.75, 3.05) is 0 Å². The molecule has 0 saturated carbocycles. The number of aryl methyl sites for hydroxylation is 1. The van der Waals surface area contributed by atoms with Crippen LogP contribution in [-0.4, -0.2) is 15.5 Å². The Morgan fingerprint density at radius 3 is 2.72 bits per heavy atom. The Morgan fingerprint density at radius 1 is 1.24 bits per heavy atom. The highest BCUT2D eigenvalue weighted by Crippen LogP contribution is 2.21. The normalized spacial score (nSPS) is 10.7. The lowest BCUT2D eigenvalue weighted by molar-refractivity contribution is 0.0951. The van der Waals surface area contributed by atoms with Crippen molar-refractivity contribution in [3.8, 4) is 5.69 Å². The zero-order valence-corrected chi connectivity index (χ0v) is 14.8. The second-order valence-corrected chi connectivity index (χ2v) is 6.28. The van der Waals surface area contributed by atoms with Crippen molar-refractivity contribution in [2.24, 2.45) is 0 Å². The van der Waals surface area contributed by atoms with Gasteiger partial charge >= 0.3 is 0 Å². The third-order valence-corrected chi connectivity index (χ3v) is 4.29. The van der Waals surface area contributed by atoms with Crippen LogP contribution in [0.15, 0.2) is 48.8 Å². The van der Waals surface area contributed by atoms with Crippen molar-refractivity contribution in [1.82, 2.24) is 14.9 Å². The largest absolute Gasteiger partial charge is 0.348 e. The second-order valence-electron chi connectivity index (χ2n) is 5.44. The van der Waals surface area contributed by atoms with E-state index in [2.05, 4.69) is 10.3 Å². The van der Waals surface area contributed by atoms with Crippen LogP contribution in [-0.2, 0) is 6.54 Å². The summed E-state index contributed by atoms with van der Waals surface area (Å²) in [4.78, 5) is 16.3. The molecular weight excluding hydrogens is 364 g/mol. The first-order valence-electron chi connectivity index (χ1n) is 7.47. The minimum atomic E-state index is -0.395. The van der Waals surface area contributed by atoms with Crippen LogP contribution in [0.5, 0.6) is 0 Å². The van der Waals surface area contributed by atoms with Crippen LogP contribution in [0.3, 0.4) is 0 Å². The number of rotatable bonds is 4. The van der Waals surface area contributed by atoms with Crippen molar-refractivity contribution in [2.45, 2.75) is 13.5 Å². The summed E-state index contributed by atoms with van der Waals surface area (Å²) in [7, 11) is 0. The number of benzene rings is 2. The van der Waals surface area contributed by atoms with Crippen LogP contribution in [0.1, 0.15) is 21.7 Å². The predicted octanol–water partition coefficient (Wildman–Crippen LogP) is 4.56. The highest BCUT2D eigenvalue weighted by atomic mass is 35.5. The molecule has 1 N–H and O–H groups in total. The third-order valence-electron chi connectivity index (χ3n) is 3.72. The van der Waals surface area contributed by atoms with E-state index >= 15 is 0 Å². The van der Waals surface area contributed by atoms with Gasteiger partial charge in [0.25, 0.3) is 5.91 Å². The van der Waals surface area contributed by atoms with Crippen molar-refractivity contribution in [3.63, 3.8) is 0 Å². The average molecular weight is 378 g/mol. The summed E-state index contributed by atoms with van der Waals surface area (Å²) in [5.41, 5.74) is 1.31. The van der Waals surface area contributed by atoms with Gasteiger partial charge in [-0.05, 0) is 42.8 Å². The molecule has 7 heteroatoms. The Hall–Kier alpha value is -2.37. The molecule has 0 bridgehead atoms. The molecule has 0 atom stereocenters. The number of carbonyl (C=O) groups is 1. The number of carbonyl (C=O) groups excluding carboxylic acids is 1. The van der Waals surface area contributed by atoms with Crippen LogP contribution in [0.4, 0.5) is 4.39 Å². The lowest BCUT2D eigenvalue weighted by Crippen LogP contribution is -2.23. The number of halogens is 3. The first-order valence-corrected chi connectivity index (χ1v) is 8.23. The van der Waals surface area contributed by atoms with Crippen LogP contribution in [0.2, 0.25) is 10.0 Å². The molecule has 3 aromatic rings. The van der Waals surface area contributed by atoms with E-state index in [-0.39, 0.29) is 18.0 Å². The number of nitrogens with one attached hydrogen (secondary N) is 1. The van der Waals surface area contributed by atoms with Crippen molar-refractivity contribution < 1.29 is 9.18 Å². The molecule has 4 nitrogen and oxygen atoms in total. The van der Waals surface area contributed by atoms with E-state index in [1.807, 2.05) is 0 Å². The first kappa shape index (κ1) is 17.5. The Balaban J connectivity index is 1.74. The van der Waals surface area contributed by atoms with Gasteiger partial charge in [0, 0.05) is 24.0 Å². The summed E-state index contributed by atoms with van der Waals surface area (Å²) in [5.74, 6) is -0.0772. The summed E-state index contributed by atoms with van der Waals surface area (Å²) in [6, 6.07) is 9.43. The lowest BCUT2D eigenvalue weighted by atomic mass is 10.1. The SMILES string of the molecule is Cc1nccn1-c1ccc(CNC(=O)c2cc(Cl)ccc2Cl)cc1F. The molecule has 1 heterocycles. The molecule has 1 amide bonds. The topological polar surface area (TPSA) is 46.9 Å². The first-order chi connectivity index (χ1) is 12.0. The van der Waals surface area contributed by atoms with Crippen molar-refractivity contribution in [1.29, 1.82) is 0 Å². The maximum Gasteiger partial charge on any atom is 0.253 e. The molecule has 0 radical (unpaired) electrons. The molecule has 0 saturated heterocycles. The van der Waals surface area contributed by atoms with E-state index in [9.17, 15) is 9.18 Å². The monoisotopic (exact) mass is 377 g/mol. The van der Waals surface area contributed by atoms with Crippen LogP contribution in [0, 0.1) is 12.7 Å². The van der Waals surface area contributed by atoms with Crippen LogP contribution >= 0.6 is 23.2 Å². The van der Waals surface area contributed by atoms with Gasteiger partial charge in [-0.2, -0.15) is 0 Å². The smallest absolute Gasteiger partial charge is 0.253 e. The maximum absolute atomic E-state index is 14.4. The van der Waals surface area contributed by atoms with Gasteiger partial charge in [0.2, 0.25) is 0 Å². The van der Waals surface area contributed by atoms with E-state index in [1.165, 1.54) is 12.1 Å². The highest BCUT2D eigenvalue weighted by molar-refractivity contribution is 6.35. The van der Waals surface area contributed by atoms with Gasteiger partial charge in [-0.3, -0.25) is 4.79 Å². The van der Waals surface area contributed by atoms with Gasteiger partial charge in [0.15, 0.2) is 0 Å². The number of imidazole rings is 1. The number of hydrogen-bond acceptors (Lipinski definition) is 2. The Morgan fingerprint density at radius 2 is 2.04 bits per heavy atom. The Labute approximate surface area is 154 Å². The molecule has 0 spiro atoms. The molecule has 0 aliphatic carbocycles. The zero-order valence-electron chi connectivity index (χ0n) is 13.3. The molecule has 0 aliphatic rings. The molecule has 128 valence electrons. The number of aromatic nitrogens is 2. The van der Waals surface area contributed by atoms with Gasteiger partial charge < -0.3 is 9.88 Å². The summed E-state index contributed by atoms with van der Waals surface area (Å²) in [6.45, 7) is 1.96. The highest BCUT2D eigenvalue weighted by Gasteiger charge is 2.12. The van der Waals surface area contributed by atoms with Crippen molar-refractivity contribution in [3.05, 3.63) is 81.6 Å². The van der Waals surface area contributed by atoms with E-state index < -0.39 is 5.82 Å². The lowest BCUT2D eigenvalue weighted by Gasteiger charge is -2.10. The molecule has 0 fully saturated rings. The fourth-order valence-electron chi connectivity index (χ4n) is 2.44. The van der Waals surface area contributed by atoms with E-state index in [4.69, 9.17) is 23.2 Å². The number of hydrogen-bond donors (Lipinski definition) is 1. The van der Waals surface area contributed by atoms with Gasteiger partial charge in [0.05, 0.1) is 16.3 Å². The summed E-state index contributed by atoms with van der Waals surface area (Å²) in [5, 5.41) is 3.43. The average Bonchev–Trinajstić information content (AvgIpc) is 3.01. The molecule has 25 heavy (non-hydrogen) atoms. The third kappa shape index (κ3) is 3.83. The van der Waals surface area contributed by atoms with Crippen LogP contribution < -0.4 is 5.32 Å². The standard InChI is InChI=1S/C18H14Cl2FN3O/c1-11-22-6-7-24(11)17-5-2-12(8-16(17)21)10-23-18(25)14-9-13(19)3-4-15(14)20/h2-9H,10H2,1H3,(H,23,25). The minimum Gasteiger partial charge on any atom is -0.348 e. The van der Waals surface area contributed by atoms with Gasteiger partial charge in [-0.1, -0.05) is 29.3 Å². The number of amides is 1. The van der Waals surface area contributed by atoms with Gasteiger partial charge in [-0.15, -0.1) is 0 Å². The summed E-state index contributed by atoms with van der Waals surface area (Å²) in [6.07, 6.45) is 3.30. The molecule has 2 aromatic carbocycles. The Bertz CT molecular complexity index is 940. The van der Waals surface area contributed by atoms with Gasteiger partial charge in [0.1, 0.15) is 11.6 Å². The van der Waals surface area contributed by atoms with Crippen molar-refractivity contribution >= 4 is 29.1 Å². The van der Waals surface area contributed by atoms with E-state index in [0.717, 1.165) is 0 Å². The zero-order chi connectivity index (χ0) is 18.0. The molecule has 0 aliphatic heterocycles. The second kappa shape index (κ2) is 7.25. The van der Waals surface area contributed by atoms with Crippen LogP contribution in [0.25, 0.3) is 5.69 Å². The molecule has 1 aromatic heterocycles. The minimum absolute atomic E-state index is 0.168. The Kier molecular flexibility index (Phi) is 5.06. The quantitative estimate of drug-likeness (QED) is 0.724. The van der Waals surface area contributed by atoms with Gasteiger partial charge in [-0.25, -0.2) is 9.37 Å². The fourth-order valence-corrected chi connectivity index (χ4v) is 2.81.